The Labute approximate surface area is 227 Å². The number of piperidine rings is 1. The number of nitrogens with two attached hydrogens (primary N) is 1. The van der Waals surface area contributed by atoms with Crippen molar-refractivity contribution in [1.29, 1.82) is 0 Å². The maximum Gasteiger partial charge on any atom is 0.203 e. The number of hydrogen-bond acceptors (Lipinski definition) is 6. The summed E-state index contributed by atoms with van der Waals surface area (Å²) >= 11 is 0. The van der Waals surface area contributed by atoms with Gasteiger partial charge in [-0.1, -0.05) is 48.5 Å². The third kappa shape index (κ3) is 5.04. The molecule has 4 aromatic rings. The van der Waals surface area contributed by atoms with E-state index in [2.05, 4.69) is 21.3 Å². The minimum Gasteiger partial charge on any atom is -0.393 e. The Hall–Kier alpha value is -3.69. The molecule has 2 aliphatic rings. The molecule has 0 amide bonds. The molecule has 4 N–H and O–H groups in total. The number of carbonyl (C=O) groups is 1. The van der Waals surface area contributed by atoms with Crippen LogP contribution in [0, 0.1) is 5.82 Å². The first-order chi connectivity index (χ1) is 19.0. The molecule has 1 unspecified atom stereocenters. The van der Waals surface area contributed by atoms with Crippen LogP contribution in [-0.2, 0) is 19.6 Å². The van der Waals surface area contributed by atoms with E-state index in [1.807, 2.05) is 48.5 Å². The maximum absolute atomic E-state index is 15.7. The SMILES string of the molecule is NCc1cccc(-n2cnc3c2C(=O)C(c2ccc(-c4ccccc4CN4CCC(O)CC4)cc2F)NC3)c1. The lowest BCUT2D eigenvalue weighted by Crippen LogP contribution is -2.36. The third-order valence-electron chi connectivity index (χ3n) is 7.83. The van der Waals surface area contributed by atoms with Crippen molar-refractivity contribution < 1.29 is 14.3 Å². The predicted octanol–water partition coefficient (Wildman–Crippen LogP) is 4.12. The molecule has 3 aromatic carbocycles. The van der Waals surface area contributed by atoms with Gasteiger partial charge in [0.15, 0.2) is 0 Å². The average Bonchev–Trinajstić information content (AvgIpc) is 3.40. The number of nitrogens with one attached hydrogen (secondary N) is 1. The molecule has 7 nitrogen and oxygen atoms in total. The van der Waals surface area contributed by atoms with Gasteiger partial charge in [0.05, 0.1) is 11.8 Å². The Bertz CT molecular complexity index is 1510. The zero-order chi connectivity index (χ0) is 26.9. The Morgan fingerprint density at radius 2 is 1.87 bits per heavy atom. The molecule has 2 aliphatic heterocycles. The number of imidazole rings is 1. The molecule has 39 heavy (non-hydrogen) atoms. The standard InChI is InChI=1S/C31H32FN5O2/c32-27-15-21(25-7-2-1-5-22(25)18-36-12-10-24(38)11-13-36)8-9-26(27)29-31(39)30-28(17-34-29)35-19-37(30)23-6-3-4-20(14-23)16-33/h1-9,14-15,19,24,29,34,38H,10-13,16-18,33H2. The molecule has 0 saturated carbocycles. The van der Waals surface area contributed by atoms with Gasteiger partial charge in [-0.15, -0.1) is 0 Å². The Balaban J connectivity index is 1.27. The van der Waals surface area contributed by atoms with Gasteiger partial charge >= 0.3 is 0 Å². The number of aromatic nitrogens is 2. The molecule has 6 rings (SSSR count). The number of rotatable bonds is 6. The first kappa shape index (κ1) is 25.6. The summed E-state index contributed by atoms with van der Waals surface area (Å²) in [5, 5.41) is 13.0. The molecular weight excluding hydrogens is 493 g/mol. The van der Waals surface area contributed by atoms with Crippen molar-refractivity contribution in [1.82, 2.24) is 19.8 Å². The van der Waals surface area contributed by atoms with E-state index in [-0.39, 0.29) is 11.9 Å². The van der Waals surface area contributed by atoms with Gasteiger partial charge in [-0.05, 0) is 53.3 Å². The second kappa shape index (κ2) is 10.8. The summed E-state index contributed by atoms with van der Waals surface area (Å²) in [5.74, 6) is -0.639. The van der Waals surface area contributed by atoms with Crippen LogP contribution in [0.15, 0.2) is 73.1 Å². The van der Waals surface area contributed by atoms with E-state index in [4.69, 9.17) is 5.73 Å². The van der Waals surface area contributed by atoms with Gasteiger partial charge in [-0.3, -0.25) is 19.6 Å². The van der Waals surface area contributed by atoms with Crippen LogP contribution in [-0.4, -0.2) is 44.5 Å². The lowest BCUT2D eigenvalue weighted by molar-refractivity contribution is 0.0793. The smallest absolute Gasteiger partial charge is 0.203 e. The van der Waals surface area contributed by atoms with Crippen molar-refractivity contribution in [2.24, 2.45) is 5.73 Å². The minimum absolute atomic E-state index is 0.216. The fourth-order valence-corrected chi connectivity index (χ4v) is 5.67. The van der Waals surface area contributed by atoms with Crippen LogP contribution in [0.25, 0.3) is 16.8 Å². The summed E-state index contributed by atoms with van der Waals surface area (Å²) in [6.45, 7) is 3.18. The Morgan fingerprint density at radius 1 is 1.05 bits per heavy atom. The number of Topliss-reactive ketones (excluding diaryl/α,β-unsaturated/α-hetero) is 1. The number of benzene rings is 3. The number of aliphatic hydroxyl groups is 1. The zero-order valence-electron chi connectivity index (χ0n) is 21.7. The maximum atomic E-state index is 15.7. The van der Waals surface area contributed by atoms with Crippen LogP contribution in [0.4, 0.5) is 4.39 Å². The first-order valence-electron chi connectivity index (χ1n) is 13.4. The molecule has 1 fully saturated rings. The molecule has 200 valence electrons. The van der Waals surface area contributed by atoms with E-state index >= 15 is 4.39 Å². The molecule has 1 atom stereocenters. The van der Waals surface area contributed by atoms with E-state index in [0.29, 0.717) is 30.0 Å². The second-order valence-corrected chi connectivity index (χ2v) is 10.4. The van der Waals surface area contributed by atoms with Crippen LogP contribution in [0.3, 0.4) is 0 Å². The van der Waals surface area contributed by atoms with Crippen molar-refractivity contribution in [3.63, 3.8) is 0 Å². The van der Waals surface area contributed by atoms with Crippen molar-refractivity contribution in [3.05, 3.63) is 107 Å². The van der Waals surface area contributed by atoms with Gasteiger partial charge in [0, 0.05) is 44.0 Å². The number of likely N-dealkylation sites (tertiary alicyclic amines) is 1. The summed E-state index contributed by atoms with van der Waals surface area (Å²) in [5.41, 5.74) is 11.9. The van der Waals surface area contributed by atoms with Gasteiger partial charge in [0.25, 0.3) is 0 Å². The zero-order valence-corrected chi connectivity index (χ0v) is 21.7. The summed E-state index contributed by atoms with van der Waals surface area (Å²) in [6.07, 6.45) is 2.96. The molecule has 0 spiro atoms. The van der Waals surface area contributed by atoms with Crippen LogP contribution < -0.4 is 11.1 Å². The van der Waals surface area contributed by atoms with Crippen LogP contribution >= 0.6 is 0 Å². The van der Waals surface area contributed by atoms with E-state index in [9.17, 15) is 9.90 Å². The van der Waals surface area contributed by atoms with E-state index in [0.717, 1.165) is 60.4 Å². The molecule has 8 heteroatoms. The molecule has 0 radical (unpaired) electrons. The Morgan fingerprint density at radius 3 is 2.67 bits per heavy atom. The van der Waals surface area contributed by atoms with Gasteiger partial charge in [0.1, 0.15) is 23.9 Å². The number of hydrogen-bond donors (Lipinski definition) is 3. The number of fused-ring (bicyclic) bond motifs is 1. The van der Waals surface area contributed by atoms with Gasteiger partial charge in [-0.25, -0.2) is 9.37 Å². The van der Waals surface area contributed by atoms with Gasteiger partial charge < -0.3 is 10.8 Å². The molecule has 1 saturated heterocycles. The van der Waals surface area contributed by atoms with Crippen LogP contribution in [0.1, 0.15) is 51.8 Å². The number of aliphatic hydroxyl groups excluding tert-OH is 1. The lowest BCUT2D eigenvalue weighted by Gasteiger charge is -2.30. The van der Waals surface area contributed by atoms with Gasteiger partial charge in [-0.2, -0.15) is 0 Å². The number of halogens is 1. The van der Waals surface area contributed by atoms with Crippen molar-refractivity contribution >= 4 is 5.78 Å². The third-order valence-corrected chi connectivity index (χ3v) is 7.83. The monoisotopic (exact) mass is 525 g/mol. The second-order valence-electron chi connectivity index (χ2n) is 10.4. The van der Waals surface area contributed by atoms with Crippen molar-refractivity contribution in [2.45, 2.75) is 44.6 Å². The quantitative estimate of drug-likeness (QED) is 0.351. The number of ketones is 1. The summed E-state index contributed by atoms with van der Waals surface area (Å²) in [4.78, 5) is 20.5. The highest BCUT2D eigenvalue weighted by atomic mass is 19.1. The van der Waals surface area contributed by atoms with Gasteiger partial charge in [0.2, 0.25) is 5.78 Å². The number of carbonyl (C=O) groups excluding carboxylic acids is 1. The largest absolute Gasteiger partial charge is 0.393 e. The highest BCUT2D eigenvalue weighted by Gasteiger charge is 2.34. The fraction of sp³-hybridized carbons (Fsp3) is 0.290. The normalized spacial score (nSPS) is 18.3. The van der Waals surface area contributed by atoms with E-state index < -0.39 is 11.9 Å². The minimum atomic E-state index is -0.810. The summed E-state index contributed by atoms with van der Waals surface area (Å²) in [6, 6.07) is 20.0. The first-order valence-corrected chi connectivity index (χ1v) is 13.4. The van der Waals surface area contributed by atoms with Crippen molar-refractivity contribution in [3.8, 4) is 16.8 Å². The summed E-state index contributed by atoms with van der Waals surface area (Å²) in [7, 11) is 0. The van der Waals surface area contributed by atoms with Crippen LogP contribution in [0.2, 0.25) is 0 Å². The average molecular weight is 526 g/mol. The molecule has 0 bridgehead atoms. The molecule has 1 aromatic heterocycles. The fourth-order valence-electron chi connectivity index (χ4n) is 5.67. The summed E-state index contributed by atoms with van der Waals surface area (Å²) < 4.78 is 17.5. The van der Waals surface area contributed by atoms with E-state index in [1.165, 1.54) is 6.07 Å². The van der Waals surface area contributed by atoms with Crippen molar-refractivity contribution in [2.75, 3.05) is 13.1 Å². The topological polar surface area (TPSA) is 96.4 Å². The predicted molar refractivity (Wildman–Crippen MR) is 148 cm³/mol. The Kier molecular flexibility index (Phi) is 7.10. The molecule has 3 heterocycles. The molecule has 0 aliphatic carbocycles. The number of nitrogens with zero attached hydrogens (tertiary/aromatic N) is 3. The van der Waals surface area contributed by atoms with Crippen LogP contribution in [0.5, 0.6) is 0 Å². The highest BCUT2D eigenvalue weighted by molar-refractivity contribution is 6.01. The van der Waals surface area contributed by atoms with E-state index in [1.54, 1.807) is 17.0 Å². The molecular formula is C31H32FN5O2. The highest BCUT2D eigenvalue weighted by Crippen LogP contribution is 2.32. The lowest BCUT2D eigenvalue weighted by atomic mass is 9.92.